The largest absolute Gasteiger partial charge is 0.334 e. The van der Waals surface area contributed by atoms with Crippen molar-refractivity contribution < 1.29 is 13.3 Å². The molecule has 2 rings (SSSR count). The van der Waals surface area contributed by atoms with Gasteiger partial charge in [0.15, 0.2) is 5.82 Å². The van der Waals surface area contributed by atoms with Crippen LogP contribution >= 0.6 is 12.4 Å². The Morgan fingerprint density at radius 1 is 1.30 bits per heavy atom. The van der Waals surface area contributed by atoms with Crippen molar-refractivity contribution >= 4 is 12.4 Å². The third-order valence-electron chi connectivity index (χ3n) is 2.93. The molecule has 0 aliphatic rings. The first-order chi connectivity index (χ1) is 9.01. The molecule has 1 aromatic heterocycles. The predicted octanol–water partition coefficient (Wildman–Crippen LogP) is 2.90. The van der Waals surface area contributed by atoms with Crippen LogP contribution in [0.25, 0.3) is 11.5 Å². The maximum Gasteiger partial charge on any atom is 0.260 e. The zero-order chi connectivity index (χ0) is 14.0. The van der Waals surface area contributed by atoms with Crippen LogP contribution in [-0.4, -0.2) is 23.2 Å². The molecule has 7 heteroatoms. The number of nitrogens with one attached hydrogen (secondary N) is 1. The summed E-state index contributed by atoms with van der Waals surface area (Å²) in [6.07, 6.45) is 0.571. The number of aromatic nitrogens is 2. The average Bonchev–Trinajstić information content (AvgIpc) is 2.82. The highest BCUT2D eigenvalue weighted by molar-refractivity contribution is 5.85. The molecule has 0 amide bonds. The van der Waals surface area contributed by atoms with Gasteiger partial charge in [0.2, 0.25) is 0 Å². The van der Waals surface area contributed by atoms with Crippen molar-refractivity contribution in [1.82, 2.24) is 15.5 Å². The van der Waals surface area contributed by atoms with Crippen LogP contribution in [-0.2, 0) is 6.42 Å². The zero-order valence-corrected chi connectivity index (χ0v) is 12.2. The Hall–Kier alpha value is -1.53. The van der Waals surface area contributed by atoms with Gasteiger partial charge in [-0.25, -0.2) is 8.78 Å². The van der Waals surface area contributed by atoms with Crippen LogP contribution in [0.4, 0.5) is 8.78 Å². The summed E-state index contributed by atoms with van der Waals surface area (Å²) >= 11 is 0. The molecule has 0 aliphatic carbocycles. The summed E-state index contributed by atoms with van der Waals surface area (Å²) in [4.78, 5) is 4.12. The van der Waals surface area contributed by atoms with Gasteiger partial charge < -0.3 is 9.84 Å². The average molecular weight is 304 g/mol. The van der Waals surface area contributed by atoms with Crippen LogP contribution in [0.1, 0.15) is 18.3 Å². The number of hydrogen-bond acceptors (Lipinski definition) is 4. The molecule has 4 nitrogen and oxygen atoms in total. The Bertz CT molecular complexity index is 589. The normalized spacial score (nSPS) is 12.1. The first-order valence-electron chi connectivity index (χ1n) is 5.97. The molecule has 0 radical (unpaired) electrons. The smallest absolute Gasteiger partial charge is 0.260 e. The molecule has 0 bridgehead atoms. The second-order valence-corrected chi connectivity index (χ2v) is 4.49. The minimum atomic E-state index is -0.708. The van der Waals surface area contributed by atoms with E-state index in [0.29, 0.717) is 17.8 Å². The summed E-state index contributed by atoms with van der Waals surface area (Å²) in [6.45, 7) is 3.53. The van der Waals surface area contributed by atoms with Crippen molar-refractivity contribution in [2.24, 2.45) is 0 Å². The van der Waals surface area contributed by atoms with E-state index in [2.05, 4.69) is 15.5 Å². The van der Waals surface area contributed by atoms with Gasteiger partial charge in [0, 0.05) is 18.5 Å². The first-order valence-corrected chi connectivity index (χ1v) is 5.97. The Labute approximate surface area is 122 Å². The molecule has 0 aliphatic heterocycles. The van der Waals surface area contributed by atoms with E-state index in [4.69, 9.17) is 4.52 Å². The number of halogens is 3. The van der Waals surface area contributed by atoms with E-state index in [1.165, 1.54) is 6.07 Å². The van der Waals surface area contributed by atoms with Crippen LogP contribution < -0.4 is 5.32 Å². The molecule has 1 aromatic carbocycles. The lowest BCUT2D eigenvalue weighted by molar-refractivity contribution is 0.416. The lowest BCUT2D eigenvalue weighted by atomic mass is 10.1. The highest BCUT2D eigenvalue weighted by Gasteiger charge is 2.16. The molecule has 1 atom stereocenters. The van der Waals surface area contributed by atoms with Gasteiger partial charge in [0.25, 0.3) is 5.89 Å². The zero-order valence-electron chi connectivity index (χ0n) is 11.4. The van der Waals surface area contributed by atoms with E-state index in [9.17, 15) is 8.78 Å². The maximum absolute atomic E-state index is 13.7. The molecule has 1 heterocycles. The number of rotatable bonds is 4. The third-order valence-corrected chi connectivity index (χ3v) is 2.93. The lowest BCUT2D eigenvalue weighted by Crippen LogP contribution is -2.24. The molecular formula is C13H16ClF2N3O. The van der Waals surface area contributed by atoms with Gasteiger partial charge in [-0.1, -0.05) is 5.16 Å². The van der Waals surface area contributed by atoms with Gasteiger partial charge in [0.05, 0.1) is 5.56 Å². The summed E-state index contributed by atoms with van der Waals surface area (Å²) < 4.78 is 31.9. The molecule has 110 valence electrons. The van der Waals surface area contributed by atoms with Gasteiger partial charge in [0.1, 0.15) is 11.6 Å². The van der Waals surface area contributed by atoms with Gasteiger partial charge in [-0.15, -0.1) is 12.4 Å². The van der Waals surface area contributed by atoms with Crippen molar-refractivity contribution in [1.29, 1.82) is 0 Å². The van der Waals surface area contributed by atoms with Gasteiger partial charge in [-0.3, -0.25) is 0 Å². The molecule has 1 N–H and O–H groups in total. The second-order valence-electron chi connectivity index (χ2n) is 4.49. The summed E-state index contributed by atoms with van der Waals surface area (Å²) in [5.74, 6) is -0.748. The standard InChI is InChI=1S/C13H15F2N3O.ClH/c1-7-4-9(11(15)6-10(7)14)13-17-12(18-19-13)5-8(2)16-3;/h4,6,8,16H,5H2,1-3H3;1H. The fraction of sp³-hybridized carbons (Fsp3) is 0.385. The van der Waals surface area contributed by atoms with Crippen molar-refractivity contribution in [3.8, 4) is 11.5 Å². The Morgan fingerprint density at radius 2 is 2.00 bits per heavy atom. The fourth-order valence-electron chi connectivity index (χ4n) is 1.64. The fourth-order valence-corrected chi connectivity index (χ4v) is 1.64. The monoisotopic (exact) mass is 303 g/mol. The van der Waals surface area contributed by atoms with Crippen molar-refractivity contribution in [3.05, 3.63) is 35.2 Å². The molecule has 1 unspecified atom stereocenters. The quantitative estimate of drug-likeness (QED) is 0.943. The van der Waals surface area contributed by atoms with E-state index >= 15 is 0 Å². The van der Waals surface area contributed by atoms with E-state index in [-0.39, 0.29) is 29.9 Å². The Kier molecular flexibility index (Phi) is 5.59. The highest BCUT2D eigenvalue weighted by Crippen LogP contribution is 2.24. The molecule has 0 saturated carbocycles. The predicted molar refractivity (Wildman–Crippen MR) is 73.9 cm³/mol. The Balaban J connectivity index is 0.00000200. The summed E-state index contributed by atoms with van der Waals surface area (Å²) in [6, 6.07) is 2.37. The minimum absolute atomic E-state index is 0. The van der Waals surface area contributed by atoms with Crippen molar-refractivity contribution in [2.45, 2.75) is 26.3 Å². The van der Waals surface area contributed by atoms with Crippen molar-refractivity contribution in [2.75, 3.05) is 7.05 Å². The molecular weight excluding hydrogens is 288 g/mol. The summed E-state index contributed by atoms with van der Waals surface area (Å²) in [5, 5.41) is 6.83. The minimum Gasteiger partial charge on any atom is -0.334 e. The van der Waals surface area contributed by atoms with Crippen LogP contribution in [0, 0.1) is 18.6 Å². The summed E-state index contributed by atoms with van der Waals surface area (Å²) in [7, 11) is 1.83. The number of hydrogen-bond donors (Lipinski definition) is 1. The van der Waals surface area contributed by atoms with E-state index in [1.54, 1.807) is 6.92 Å². The number of nitrogens with zero attached hydrogens (tertiary/aromatic N) is 2. The number of benzene rings is 1. The molecule has 0 saturated heterocycles. The number of likely N-dealkylation sites (N-methyl/N-ethyl adjacent to an activating group) is 1. The van der Waals surface area contributed by atoms with E-state index < -0.39 is 11.6 Å². The van der Waals surface area contributed by atoms with E-state index in [0.717, 1.165) is 6.07 Å². The van der Waals surface area contributed by atoms with Crippen LogP contribution in [0.15, 0.2) is 16.7 Å². The topological polar surface area (TPSA) is 51.0 Å². The lowest BCUT2D eigenvalue weighted by Gasteiger charge is -2.04. The van der Waals surface area contributed by atoms with Crippen LogP contribution in [0.2, 0.25) is 0 Å². The van der Waals surface area contributed by atoms with Crippen LogP contribution in [0.5, 0.6) is 0 Å². The highest BCUT2D eigenvalue weighted by atomic mass is 35.5. The van der Waals surface area contributed by atoms with Gasteiger partial charge >= 0.3 is 0 Å². The van der Waals surface area contributed by atoms with Crippen LogP contribution in [0.3, 0.4) is 0 Å². The Morgan fingerprint density at radius 3 is 2.65 bits per heavy atom. The molecule has 0 spiro atoms. The molecule has 2 aromatic rings. The van der Waals surface area contributed by atoms with Crippen molar-refractivity contribution in [3.63, 3.8) is 0 Å². The van der Waals surface area contributed by atoms with Gasteiger partial charge in [-0.2, -0.15) is 4.98 Å². The SMILES string of the molecule is CNC(C)Cc1noc(-c2cc(C)c(F)cc2F)n1.Cl. The maximum atomic E-state index is 13.7. The molecule has 20 heavy (non-hydrogen) atoms. The number of aryl methyl sites for hydroxylation is 1. The summed E-state index contributed by atoms with van der Waals surface area (Å²) in [5.41, 5.74) is 0.453. The third kappa shape index (κ3) is 3.52. The first kappa shape index (κ1) is 16.5. The molecule has 0 fully saturated rings. The second kappa shape index (κ2) is 6.76. The van der Waals surface area contributed by atoms with Gasteiger partial charge in [-0.05, 0) is 32.5 Å². The van der Waals surface area contributed by atoms with E-state index in [1.807, 2.05) is 14.0 Å².